The van der Waals surface area contributed by atoms with Crippen LogP contribution < -0.4 is 10.5 Å². The van der Waals surface area contributed by atoms with Gasteiger partial charge in [-0.15, -0.1) is 0 Å². The maximum atomic E-state index is 12.3. The van der Waals surface area contributed by atoms with Crippen molar-refractivity contribution >= 4 is 15.7 Å². The molecule has 0 saturated carbocycles. The first-order chi connectivity index (χ1) is 7.54. The zero-order chi connectivity index (χ0) is 13.4. The molecular weight excluding hydrogens is 236 g/mol. The number of hydrogen-bond donors (Lipinski definition) is 2. The summed E-state index contributed by atoms with van der Waals surface area (Å²) in [6, 6.07) is 3.44. The van der Waals surface area contributed by atoms with Crippen LogP contribution in [0.5, 0.6) is 0 Å². The zero-order valence-corrected chi connectivity index (χ0v) is 11.8. The number of benzene rings is 1. The topological polar surface area (TPSA) is 72.2 Å². The summed E-state index contributed by atoms with van der Waals surface area (Å²) in [6.07, 6.45) is 0. The molecule has 1 aromatic carbocycles. The Kier molecular flexibility index (Phi) is 3.55. The Balaban J connectivity index is 3.39. The maximum Gasteiger partial charge on any atom is 0.243 e. The largest absolute Gasteiger partial charge is 0.398 e. The van der Waals surface area contributed by atoms with Gasteiger partial charge in [-0.1, -0.05) is 6.07 Å². The molecule has 0 aliphatic heterocycles. The van der Waals surface area contributed by atoms with Crippen LogP contribution in [0.3, 0.4) is 0 Å². The van der Waals surface area contributed by atoms with Crippen LogP contribution in [0, 0.1) is 13.8 Å². The van der Waals surface area contributed by atoms with Gasteiger partial charge >= 0.3 is 0 Å². The van der Waals surface area contributed by atoms with E-state index in [0.717, 1.165) is 5.56 Å². The molecule has 0 amide bonds. The van der Waals surface area contributed by atoms with Crippen LogP contribution in [0.1, 0.15) is 31.9 Å². The summed E-state index contributed by atoms with van der Waals surface area (Å²) in [7, 11) is -3.58. The van der Waals surface area contributed by atoms with E-state index in [0.29, 0.717) is 5.56 Å². The summed E-state index contributed by atoms with van der Waals surface area (Å²) in [4.78, 5) is 0.187. The Morgan fingerprint density at radius 1 is 1.18 bits per heavy atom. The van der Waals surface area contributed by atoms with Gasteiger partial charge in [0.25, 0.3) is 0 Å². The predicted octanol–water partition coefficient (Wildman–Crippen LogP) is 1.96. The summed E-state index contributed by atoms with van der Waals surface area (Å²) in [6.45, 7) is 9.03. The van der Waals surface area contributed by atoms with Gasteiger partial charge in [0.2, 0.25) is 10.0 Å². The van der Waals surface area contributed by atoms with Crippen molar-refractivity contribution in [2.75, 3.05) is 5.73 Å². The number of hydrogen-bond acceptors (Lipinski definition) is 3. The lowest BCUT2D eigenvalue weighted by atomic mass is 10.1. The van der Waals surface area contributed by atoms with E-state index in [-0.39, 0.29) is 10.6 Å². The fourth-order valence-corrected chi connectivity index (χ4v) is 3.47. The molecule has 4 nitrogen and oxygen atoms in total. The van der Waals surface area contributed by atoms with Crippen molar-refractivity contribution in [3.05, 3.63) is 23.3 Å². The summed E-state index contributed by atoms with van der Waals surface area (Å²) < 4.78 is 27.1. The van der Waals surface area contributed by atoms with E-state index in [1.807, 2.05) is 13.0 Å². The Bertz CT molecular complexity index is 528. The van der Waals surface area contributed by atoms with E-state index >= 15 is 0 Å². The van der Waals surface area contributed by atoms with E-state index in [1.165, 1.54) is 0 Å². The van der Waals surface area contributed by atoms with Crippen LogP contribution in [0.4, 0.5) is 5.69 Å². The number of nitrogens with one attached hydrogen (secondary N) is 1. The number of rotatable bonds is 2. The Hall–Kier alpha value is -1.07. The molecule has 96 valence electrons. The summed E-state index contributed by atoms with van der Waals surface area (Å²) >= 11 is 0. The molecule has 0 heterocycles. The lowest BCUT2D eigenvalue weighted by Gasteiger charge is -2.22. The van der Waals surface area contributed by atoms with E-state index in [1.54, 1.807) is 33.8 Å². The van der Waals surface area contributed by atoms with Gasteiger partial charge in [-0.2, -0.15) is 0 Å². The number of nitrogens with two attached hydrogens (primary N) is 1. The molecule has 0 bridgehead atoms. The molecule has 0 radical (unpaired) electrons. The molecular formula is C12H20N2O2S. The van der Waals surface area contributed by atoms with Crippen molar-refractivity contribution in [1.29, 1.82) is 0 Å². The highest BCUT2D eigenvalue weighted by molar-refractivity contribution is 7.89. The van der Waals surface area contributed by atoms with Crippen LogP contribution in [0.2, 0.25) is 0 Å². The minimum atomic E-state index is -3.58. The van der Waals surface area contributed by atoms with Crippen molar-refractivity contribution in [3.63, 3.8) is 0 Å². The van der Waals surface area contributed by atoms with Crippen LogP contribution in [-0.4, -0.2) is 14.0 Å². The van der Waals surface area contributed by atoms with E-state index in [2.05, 4.69) is 4.72 Å². The second-order valence-electron chi connectivity index (χ2n) is 5.28. The van der Waals surface area contributed by atoms with E-state index < -0.39 is 15.6 Å². The van der Waals surface area contributed by atoms with Gasteiger partial charge in [0.05, 0.1) is 5.69 Å². The van der Waals surface area contributed by atoms with Crippen LogP contribution in [0.15, 0.2) is 17.0 Å². The zero-order valence-electron chi connectivity index (χ0n) is 11.0. The summed E-state index contributed by atoms with van der Waals surface area (Å²) in [5.41, 5.74) is 7.14. The molecule has 1 rings (SSSR count). The molecule has 0 spiro atoms. The molecule has 5 heteroatoms. The SMILES string of the molecule is Cc1ccc(N)c(S(=O)(=O)NC(C)(C)C)c1C. The first-order valence-corrected chi connectivity index (χ1v) is 6.92. The fourth-order valence-electron chi connectivity index (χ4n) is 1.62. The monoisotopic (exact) mass is 256 g/mol. The van der Waals surface area contributed by atoms with Crippen molar-refractivity contribution in [2.45, 2.75) is 45.1 Å². The summed E-state index contributed by atoms with van der Waals surface area (Å²) in [5.74, 6) is 0. The minimum Gasteiger partial charge on any atom is -0.398 e. The predicted molar refractivity (Wildman–Crippen MR) is 70.4 cm³/mol. The van der Waals surface area contributed by atoms with E-state index in [9.17, 15) is 8.42 Å². The van der Waals surface area contributed by atoms with Crippen molar-refractivity contribution in [2.24, 2.45) is 0 Å². The molecule has 0 aromatic heterocycles. The smallest absolute Gasteiger partial charge is 0.243 e. The van der Waals surface area contributed by atoms with Crippen molar-refractivity contribution in [3.8, 4) is 0 Å². The average Bonchev–Trinajstić information content (AvgIpc) is 2.07. The van der Waals surface area contributed by atoms with Gasteiger partial charge in [-0.3, -0.25) is 0 Å². The van der Waals surface area contributed by atoms with Gasteiger partial charge in [0.15, 0.2) is 0 Å². The molecule has 0 saturated heterocycles. The Labute approximate surface area is 103 Å². The molecule has 0 unspecified atom stereocenters. The minimum absolute atomic E-state index is 0.187. The molecule has 3 N–H and O–H groups in total. The number of sulfonamides is 1. The van der Waals surface area contributed by atoms with E-state index in [4.69, 9.17) is 5.73 Å². The third-order valence-electron chi connectivity index (χ3n) is 2.42. The molecule has 0 atom stereocenters. The summed E-state index contributed by atoms with van der Waals surface area (Å²) in [5, 5.41) is 0. The maximum absolute atomic E-state index is 12.3. The Morgan fingerprint density at radius 2 is 1.71 bits per heavy atom. The highest BCUT2D eigenvalue weighted by atomic mass is 32.2. The average molecular weight is 256 g/mol. The molecule has 0 aliphatic carbocycles. The molecule has 0 aliphatic rings. The lowest BCUT2D eigenvalue weighted by molar-refractivity contribution is 0.491. The lowest BCUT2D eigenvalue weighted by Crippen LogP contribution is -2.41. The third kappa shape index (κ3) is 3.20. The first-order valence-electron chi connectivity index (χ1n) is 5.44. The van der Waals surface area contributed by atoms with Gasteiger partial charge in [-0.25, -0.2) is 13.1 Å². The highest BCUT2D eigenvalue weighted by Crippen LogP contribution is 2.26. The van der Waals surface area contributed by atoms with Gasteiger partial charge in [0.1, 0.15) is 4.90 Å². The first kappa shape index (κ1) is 14.0. The van der Waals surface area contributed by atoms with Crippen molar-refractivity contribution < 1.29 is 8.42 Å². The molecule has 1 aromatic rings. The van der Waals surface area contributed by atoms with Gasteiger partial charge < -0.3 is 5.73 Å². The molecule has 0 fully saturated rings. The van der Waals surface area contributed by atoms with Crippen molar-refractivity contribution in [1.82, 2.24) is 4.72 Å². The number of aryl methyl sites for hydroxylation is 1. The number of nitrogen functional groups attached to an aromatic ring is 1. The molecule has 17 heavy (non-hydrogen) atoms. The highest BCUT2D eigenvalue weighted by Gasteiger charge is 2.26. The number of anilines is 1. The third-order valence-corrected chi connectivity index (χ3v) is 4.38. The quantitative estimate of drug-likeness (QED) is 0.795. The fraction of sp³-hybridized carbons (Fsp3) is 0.500. The van der Waals surface area contributed by atoms with Crippen LogP contribution in [0.25, 0.3) is 0 Å². The standard InChI is InChI=1S/C12H20N2O2S/c1-8-6-7-10(13)11(9(8)2)17(15,16)14-12(3,4)5/h6-7,14H,13H2,1-5H3. The van der Waals surface area contributed by atoms with Gasteiger partial charge in [0, 0.05) is 5.54 Å². The second-order valence-corrected chi connectivity index (χ2v) is 6.90. The van der Waals surface area contributed by atoms with Gasteiger partial charge in [-0.05, 0) is 51.8 Å². The van der Waals surface area contributed by atoms with Crippen LogP contribution >= 0.6 is 0 Å². The second kappa shape index (κ2) is 4.31. The Morgan fingerprint density at radius 3 is 2.18 bits per heavy atom. The van der Waals surface area contributed by atoms with Crippen LogP contribution in [-0.2, 0) is 10.0 Å². The normalized spacial score (nSPS) is 12.8.